The summed E-state index contributed by atoms with van der Waals surface area (Å²) in [6, 6.07) is 0. The molecule has 1 aromatic heterocycles. The first-order valence-electron chi connectivity index (χ1n) is 3.51. The predicted octanol–water partition coefficient (Wildman–Crippen LogP) is -0.0228. The van der Waals surface area contributed by atoms with Gasteiger partial charge in [0, 0.05) is 6.42 Å². The van der Waals surface area contributed by atoms with Gasteiger partial charge < -0.3 is 4.74 Å². The van der Waals surface area contributed by atoms with E-state index in [0.717, 1.165) is 0 Å². The summed E-state index contributed by atoms with van der Waals surface area (Å²) in [6.45, 7) is 0. The number of carbonyl (C=O) groups excluding carboxylic acids is 1. The first-order chi connectivity index (χ1) is 5.83. The Morgan fingerprint density at radius 1 is 1.67 bits per heavy atom. The fourth-order valence-corrected chi connectivity index (χ4v) is 0.722. The maximum Gasteiger partial charge on any atom is 0.305 e. The summed E-state index contributed by atoms with van der Waals surface area (Å²) >= 11 is 0. The van der Waals surface area contributed by atoms with E-state index in [2.05, 4.69) is 19.9 Å². The van der Waals surface area contributed by atoms with E-state index in [9.17, 15) is 4.79 Å². The summed E-state index contributed by atoms with van der Waals surface area (Å²) in [4.78, 5) is 14.5. The van der Waals surface area contributed by atoms with Crippen LogP contribution in [0.2, 0.25) is 0 Å². The van der Waals surface area contributed by atoms with Gasteiger partial charge in [-0.2, -0.15) is 5.10 Å². The fraction of sp³-hybridized carbons (Fsp3) is 0.429. The Morgan fingerprint density at radius 3 is 3.08 bits per heavy atom. The molecule has 0 bridgehead atoms. The summed E-state index contributed by atoms with van der Waals surface area (Å²) in [7, 11) is 1.36. The molecule has 5 heteroatoms. The molecule has 0 fully saturated rings. The van der Waals surface area contributed by atoms with Crippen molar-refractivity contribution in [1.82, 2.24) is 15.2 Å². The maximum absolute atomic E-state index is 10.7. The molecular formula is C7H9N3O2. The van der Waals surface area contributed by atoms with E-state index in [-0.39, 0.29) is 5.97 Å². The van der Waals surface area contributed by atoms with E-state index in [1.165, 1.54) is 13.4 Å². The minimum absolute atomic E-state index is 0.249. The van der Waals surface area contributed by atoms with Gasteiger partial charge in [-0.3, -0.25) is 4.79 Å². The fourth-order valence-electron chi connectivity index (χ4n) is 0.722. The van der Waals surface area contributed by atoms with Crippen molar-refractivity contribution in [3.05, 3.63) is 18.2 Å². The first-order valence-corrected chi connectivity index (χ1v) is 3.51. The number of nitrogens with zero attached hydrogens (tertiary/aromatic N) is 3. The van der Waals surface area contributed by atoms with Gasteiger partial charge in [0.15, 0.2) is 0 Å². The van der Waals surface area contributed by atoms with Crippen LogP contribution in [0.4, 0.5) is 0 Å². The lowest BCUT2D eigenvalue weighted by atomic mass is 10.2. The molecule has 0 radical (unpaired) electrons. The molecule has 0 amide bonds. The highest BCUT2D eigenvalue weighted by atomic mass is 16.5. The SMILES string of the molecule is COC(=O)CCc1cncnn1. The normalized spacial score (nSPS) is 9.42. The number of methoxy groups -OCH3 is 1. The van der Waals surface area contributed by atoms with Gasteiger partial charge in [0.05, 0.1) is 25.4 Å². The van der Waals surface area contributed by atoms with Crippen LogP contribution in [0, 0.1) is 0 Å². The van der Waals surface area contributed by atoms with Crippen molar-refractivity contribution in [3.63, 3.8) is 0 Å². The van der Waals surface area contributed by atoms with Crippen LogP contribution in [0.1, 0.15) is 12.1 Å². The van der Waals surface area contributed by atoms with Gasteiger partial charge in [-0.15, -0.1) is 5.10 Å². The van der Waals surface area contributed by atoms with Crippen LogP contribution in [0.3, 0.4) is 0 Å². The molecule has 0 saturated heterocycles. The molecule has 0 aliphatic carbocycles. The van der Waals surface area contributed by atoms with Crippen molar-refractivity contribution in [3.8, 4) is 0 Å². The zero-order valence-electron chi connectivity index (χ0n) is 6.73. The number of carbonyl (C=O) groups is 1. The largest absolute Gasteiger partial charge is 0.469 e. The number of rotatable bonds is 3. The Bertz CT molecular complexity index is 250. The second kappa shape index (κ2) is 4.38. The highest BCUT2D eigenvalue weighted by molar-refractivity contribution is 5.69. The van der Waals surface area contributed by atoms with Crippen LogP contribution >= 0.6 is 0 Å². The van der Waals surface area contributed by atoms with Gasteiger partial charge in [-0.1, -0.05) is 0 Å². The molecule has 1 heterocycles. The molecule has 0 aliphatic rings. The number of aryl methyl sites for hydroxylation is 1. The van der Waals surface area contributed by atoms with Gasteiger partial charge >= 0.3 is 5.97 Å². The average Bonchev–Trinajstić information content (AvgIpc) is 2.16. The van der Waals surface area contributed by atoms with Crippen molar-refractivity contribution < 1.29 is 9.53 Å². The summed E-state index contributed by atoms with van der Waals surface area (Å²) in [5, 5.41) is 7.34. The third-order valence-electron chi connectivity index (χ3n) is 1.34. The van der Waals surface area contributed by atoms with Crippen LogP contribution in [-0.2, 0) is 16.0 Å². The van der Waals surface area contributed by atoms with E-state index < -0.39 is 0 Å². The van der Waals surface area contributed by atoms with E-state index in [1.807, 2.05) is 0 Å². The maximum atomic E-state index is 10.7. The van der Waals surface area contributed by atoms with Crippen molar-refractivity contribution in [2.75, 3.05) is 7.11 Å². The predicted molar refractivity (Wildman–Crippen MR) is 40.2 cm³/mol. The second-order valence-electron chi connectivity index (χ2n) is 2.18. The van der Waals surface area contributed by atoms with Crippen LogP contribution in [0.25, 0.3) is 0 Å². The van der Waals surface area contributed by atoms with Crippen LogP contribution in [0.15, 0.2) is 12.5 Å². The Morgan fingerprint density at radius 2 is 2.50 bits per heavy atom. The van der Waals surface area contributed by atoms with E-state index in [4.69, 9.17) is 0 Å². The monoisotopic (exact) mass is 167 g/mol. The molecule has 0 aliphatic heterocycles. The molecule has 0 atom stereocenters. The standard InChI is InChI=1S/C7H9N3O2/c1-12-7(11)3-2-6-4-8-5-9-10-6/h4-5H,2-3H2,1H3. The van der Waals surface area contributed by atoms with Gasteiger partial charge in [0.2, 0.25) is 0 Å². The highest BCUT2D eigenvalue weighted by Gasteiger charge is 2.01. The number of esters is 1. The molecular weight excluding hydrogens is 158 g/mol. The summed E-state index contributed by atoms with van der Waals surface area (Å²) < 4.78 is 4.46. The topological polar surface area (TPSA) is 65.0 Å². The van der Waals surface area contributed by atoms with Gasteiger partial charge in [0.1, 0.15) is 6.33 Å². The molecule has 0 spiro atoms. The van der Waals surface area contributed by atoms with Crippen LogP contribution < -0.4 is 0 Å². The Labute approximate surface area is 69.8 Å². The third-order valence-corrected chi connectivity index (χ3v) is 1.34. The molecule has 1 rings (SSSR count). The third kappa shape index (κ3) is 2.61. The summed E-state index contributed by atoms with van der Waals surface area (Å²) in [6.07, 6.45) is 3.77. The second-order valence-corrected chi connectivity index (χ2v) is 2.18. The lowest BCUT2D eigenvalue weighted by Gasteiger charge is -1.96. The van der Waals surface area contributed by atoms with Crippen molar-refractivity contribution >= 4 is 5.97 Å². The lowest BCUT2D eigenvalue weighted by molar-refractivity contribution is -0.140. The molecule has 12 heavy (non-hydrogen) atoms. The minimum Gasteiger partial charge on any atom is -0.469 e. The van der Waals surface area contributed by atoms with Gasteiger partial charge in [-0.05, 0) is 0 Å². The van der Waals surface area contributed by atoms with E-state index in [1.54, 1.807) is 6.20 Å². The molecule has 64 valence electrons. The van der Waals surface area contributed by atoms with Crippen LogP contribution in [-0.4, -0.2) is 28.3 Å². The number of hydrogen-bond donors (Lipinski definition) is 0. The lowest BCUT2D eigenvalue weighted by Crippen LogP contribution is -2.03. The Kier molecular flexibility index (Phi) is 3.13. The number of aromatic nitrogens is 3. The van der Waals surface area contributed by atoms with Gasteiger partial charge in [-0.25, -0.2) is 4.98 Å². The smallest absolute Gasteiger partial charge is 0.305 e. The Balaban J connectivity index is 2.38. The Hall–Kier alpha value is -1.52. The van der Waals surface area contributed by atoms with Crippen molar-refractivity contribution in [1.29, 1.82) is 0 Å². The number of hydrogen-bond acceptors (Lipinski definition) is 5. The summed E-state index contributed by atoms with van der Waals surface area (Å²) in [5.74, 6) is -0.249. The van der Waals surface area contributed by atoms with Crippen molar-refractivity contribution in [2.24, 2.45) is 0 Å². The van der Waals surface area contributed by atoms with E-state index >= 15 is 0 Å². The van der Waals surface area contributed by atoms with Crippen molar-refractivity contribution in [2.45, 2.75) is 12.8 Å². The summed E-state index contributed by atoms with van der Waals surface area (Å²) in [5.41, 5.74) is 0.697. The minimum atomic E-state index is -0.249. The first kappa shape index (κ1) is 8.58. The zero-order valence-corrected chi connectivity index (χ0v) is 6.73. The zero-order chi connectivity index (χ0) is 8.81. The molecule has 5 nitrogen and oxygen atoms in total. The number of ether oxygens (including phenoxy) is 1. The molecule has 0 aromatic carbocycles. The molecule has 0 saturated carbocycles. The van der Waals surface area contributed by atoms with E-state index in [0.29, 0.717) is 18.5 Å². The quantitative estimate of drug-likeness (QED) is 0.592. The molecule has 0 N–H and O–H groups in total. The molecule has 0 unspecified atom stereocenters. The van der Waals surface area contributed by atoms with Gasteiger partial charge in [0.25, 0.3) is 0 Å². The average molecular weight is 167 g/mol. The molecule has 1 aromatic rings. The van der Waals surface area contributed by atoms with Crippen LogP contribution in [0.5, 0.6) is 0 Å². The highest BCUT2D eigenvalue weighted by Crippen LogP contribution is 1.95.